The van der Waals surface area contributed by atoms with Gasteiger partial charge in [0.1, 0.15) is 18.2 Å². The Morgan fingerprint density at radius 1 is 1.15 bits per heavy atom. The number of benzene rings is 3. The van der Waals surface area contributed by atoms with E-state index in [-0.39, 0.29) is 5.57 Å². The largest absolute Gasteiger partial charge is 0.493 e. The molecule has 0 saturated heterocycles. The predicted octanol–water partition coefficient (Wildman–Crippen LogP) is 6.69. The summed E-state index contributed by atoms with van der Waals surface area (Å²) in [5.41, 5.74) is 4.51. The summed E-state index contributed by atoms with van der Waals surface area (Å²) >= 11 is 8.25. The highest BCUT2D eigenvalue weighted by molar-refractivity contribution is 14.1. The Morgan fingerprint density at radius 3 is 2.58 bits per heavy atom. The number of methoxy groups -OCH3 is 1. The summed E-state index contributed by atoms with van der Waals surface area (Å²) in [5, 5.41) is 12.6. The lowest BCUT2D eigenvalue weighted by molar-refractivity contribution is -0.112. The Bertz CT molecular complexity index is 1260. The van der Waals surface area contributed by atoms with Gasteiger partial charge in [0.15, 0.2) is 11.5 Å². The predicted molar refractivity (Wildman–Crippen MR) is 140 cm³/mol. The van der Waals surface area contributed by atoms with Gasteiger partial charge in [-0.15, -0.1) is 0 Å². The number of amides is 1. The highest BCUT2D eigenvalue weighted by Crippen LogP contribution is 2.35. The number of carbonyl (C=O) groups is 1. The van der Waals surface area contributed by atoms with Gasteiger partial charge in [-0.05, 0) is 89.0 Å². The Kier molecular flexibility index (Phi) is 8.37. The van der Waals surface area contributed by atoms with Crippen molar-refractivity contribution in [3.63, 3.8) is 0 Å². The van der Waals surface area contributed by atoms with Crippen LogP contribution in [0, 0.1) is 28.7 Å². The molecule has 3 aromatic carbocycles. The molecular formula is C26H22ClIN2O3. The van der Waals surface area contributed by atoms with Crippen molar-refractivity contribution in [2.24, 2.45) is 0 Å². The van der Waals surface area contributed by atoms with Crippen LogP contribution in [-0.2, 0) is 11.4 Å². The summed E-state index contributed by atoms with van der Waals surface area (Å²) < 4.78 is 12.4. The van der Waals surface area contributed by atoms with Gasteiger partial charge in [0.05, 0.1) is 21.4 Å². The standard InChI is InChI=1S/C26H22ClIN2O3/c1-16-8-9-18(10-17(16)2)15-33-25-22(28)12-19(13-24(25)32-3)11-20(14-29)26(31)30-23-7-5-4-6-21(23)27/h4-13H,15H2,1-3H3,(H,30,31)/b20-11+. The number of hydrogen-bond donors (Lipinski definition) is 1. The average Bonchev–Trinajstić information content (AvgIpc) is 2.80. The Balaban J connectivity index is 1.83. The Morgan fingerprint density at radius 2 is 1.91 bits per heavy atom. The van der Waals surface area contributed by atoms with Gasteiger partial charge in [-0.3, -0.25) is 4.79 Å². The lowest BCUT2D eigenvalue weighted by atomic mass is 10.1. The van der Waals surface area contributed by atoms with Crippen molar-refractivity contribution in [2.75, 3.05) is 12.4 Å². The van der Waals surface area contributed by atoms with Crippen molar-refractivity contribution < 1.29 is 14.3 Å². The summed E-state index contributed by atoms with van der Waals surface area (Å²) in [6.45, 7) is 4.54. The number of anilines is 1. The highest BCUT2D eigenvalue weighted by Gasteiger charge is 2.15. The van der Waals surface area contributed by atoms with Gasteiger partial charge < -0.3 is 14.8 Å². The second-order valence-corrected chi connectivity index (χ2v) is 8.91. The number of nitrogens with zero attached hydrogens (tertiary/aromatic N) is 1. The number of rotatable bonds is 7. The third-order valence-corrected chi connectivity index (χ3v) is 6.14. The van der Waals surface area contributed by atoms with Gasteiger partial charge >= 0.3 is 0 Å². The topological polar surface area (TPSA) is 71.3 Å². The van der Waals surface area contributed by atoms with Gasteiger partial charge in [0.25, 0.3) is 5.91 Å². The van der Waals surface area contributed by atoms with Crippen molar-refractivity contribution in [3.05, 3.63) is 91.0 Å². The lowest BCUT2D eigenvalue weighted by Crippen LogP contribution is -2.13. The molecule has 1 amide bonds. The number of ether oxygens (including phenoxy) is 2. The van der Waals surface area contributed by atoms with E-state index in [0.717, 1.165) is 9.13 Å². The smallest absolute Gasteiger partial charge is 0.266 e. The first-order chi connectivity index (χ1) is 15.8. The summed E-state index contributed by atoms with van der Waals surface area (Å²) in [5.74, 6) is 0.572. The van der Waals surface area contributed by atoms with Crippen LogP contribution >= 0.6 is 34.2 Å². The number of halogens is 2. The molecule has 0 aliphatic rings. The first-order valence-electron chi connectivity index (χ1n) is 10.1. The monoisotopic (exact) mass is 572 g/mol. The maximum Gasteiger partial charge on any atom is 0.266 e. The molecule has 0 aromatic heterocycles. The Labute approximate surface area is 212 Å². The van der Waals surface area contributed by atoms with Crippen LogP contribution in [0.5, 0.6) is 11.5 Å². The van der Waals surface area contributed by atoms with Gasteiger partial charge in [-0.2, -0.15) is 5.26 Å². The molecule has 0 radical (unpaired) electrons. The molecule has 0 aliphatic heterocycles. The molecule has 168 valence electrons. The molecule has 0 fully saturated rings. The van der Waals surface area contributed by atoms with E-state index in [9.17, 15) is 10.1 Å². The van der Waals surface area contributed by atoms with Crippen molar-refractivity contribution in [3.8, 4) is 17.6 Å². The van der Waals surface area contributed by atoms with E-state index in [1.165, 1.54) is 17.2 Å². The molecule has 7 heteroatoms. The second-order valence-electron chi connectivity index (χ2n) is 7.35. The fraction of sp³-hybridized carbons (Fsp3) is 0.154. The fourth-order valence-corrected chi connectivity index (χ4v) is 4.04. The second kappa shape index (κ2) is 11.2. The normalized spacial score (nSPS) is 11.0. The van der Waals surface area contributed by atoms with Crippen LogP contribution in [0.3, 0.4) is 0 Å². The molecule has 0 aliphatic carbocycles. The third-order valence-electron chi connectivity index (χ3n) is 5.00. The van der Waals surface area contributed by atoms with Gasteiger partial charge in [0, 0.05) is 0 Å². The molecule has 33 heavy (non-hydrogen) atoms. The van der Waals surface area contributed by atoms with Crippen LogP contribution in [0.1, 0.15) is 22.3 Å². The summed E-state index contributed by atoms with van der Waals surface area (Å²) in [6, 6.07) is 18.6. The molecule has 5 nitrogen and oxygen atoms in total. The summed E-state index contributed by atoms with van der Waals surface area (Å²) in [6.07, 6.45) is 1.50. The molecule has 1 N–H and O–H groups in total. The van der Waals surface area contributed by atoms with Crippen LogP contribution in [0.4, 0.5) is 5.69 Å². The van der Waals surface area contributed by atoms with Crippen molar-refractivity contribution in [2.45, 2.75) is 20.5 Å². The van der Waals surface area contributed by atoms with Crippen molar-refractivity contribution in [1.29, 1.82) is 5.26 Å². The number of hydrogen-bond acceptors (Lipinski definition) is 4. The van der Waals surface area contributed by atoms with E-state index >= 15 is 0 Å². The first-order valence-corrected chi connectivity index (χ1v) is 11.5. The third kappa shape index (κ3) is 6.28. The van der Waals surface area contributed by atoms with Crippen molar-refractivity contribution >= 4 is 51.9 Å². The minimum atomic E-state index is -0.547. The van der Waals surface area contributed by atoms with Gasteiger partial charge in [-0.25, -0.2) is 0 Å². The average molecular weight is 573 g/mol. The van der Waals surface area contributed by atoms with Crippen LogP contribution in [0.15, 0.2) is 60.2 Å². The zero-order chi connectivity index (χ0) is 24.0. The SMILES string of the molecule is COc1cc(/C=C(\C#N)C(=O)Nc2ccccc2Cl)cc(I)c1OCc1ccc(C)c(C)c1. The van der Waals surface area contributed by atoms with E-state index < -0.39 is 5.91 Å². The zero-order valence-electron chi connectivity index (χ0n) is 18.4. The van der Waals surface area contributed by atoms with Crippen LogP contribution in [0.25, 0.3) is 6.08 Å². The van der Waals surface area contributed by atoms with E-state index in [4.69, 9.17) is 21.1 Å². The van der Waals surface area contributed by atoms with Gasteiger partial charge in [0.2, 0.25) is 0 Å². The quantitative estimate of drug-likeness (QED) is 0.194. The minimum Gasteiger partial charge on any atom is -0.493 e. The molecule has 0 heterocycles. The summed E-state index contributed by atoms with van der Waals surface area (Å²) in [7, 11) is 1.55. The molecule has 0 saturated carbocycles. The van der Waals surface area contributed by atoms with Crippen LogP contribution in [-0.4, -0.2) is 13.0 Å². The van der Waals surface area contributed by atoms with Gasteiger partial charge in [-0.1, -0.05) is 41.9 Å². The first kappa shape index (κ1) is 24.6. The zero-order valence-corrected chi connectivity index (χ0v) is 21.3. The maximum atomic E-state index is 12.6. The molecule has 0 spiro atoms. The minimum absolute atomic E-state index is 0.0587. The fourth-order valence-electron chi connectivity index (χ4n) is 3.08. The van der Waals surface area contributed by atoms with E-state index in [0.29, 0.717) is 34.4 Å². The van der Waals surface area contributed by atoms with Crippen molar-refractivity contribution in [1.82, 2.24) is 0 Å². The number of para-hydroxylation sites is 1. The number of nitrogens with one attached hydrogen (secondary N) is 1. The molecule has 0 unspecified atom stereocenters. The van der Waals surface area contributed by atoms with Crippen LogP contribution < -0.4 is 14.8 Å². The molecule has 3 aromatic rings. The van der Waals surface area contributed by atoms with Crippen LogP contribution in [0.2, 0.25) is 5.02 Å². The molecule has 3 rings (SSSR count). The Hall–Kier alpha value is -3.02. The molecule has 0 bridgehead atoms. The van der Waals surface area contributed by atoms with E-state index in [2.05, 4.69) is 53.9 Å². The lowest BCUT2D eigenvalue weighted by Gasteiger charge is -2.14. The number of aryl methyl sites for hydroxylation is 2. The summed E-state index contributed by atoms with van der Waals surface area (Å²) in [4.78, 5) is 12.6. The number of nitriles is 1. The maximum absolute atomic E-state index is 12.6. The molecular weight excluding hydrogens is 551 g/mol. The van der Waals surface area contributed by atoms with E-state index in [1.807, 2.05) is 18.2 Å². The highest BCUT2D eigenvalue weighted by atomic mass is 127. The molecule has 0 atom stereocenters. The van der Waals surface area contributed by atoms with E-state index in [1.54, 1.807) is 37.4 Å². The number of carbonyl (C=O) groups excluding carboxylic acids is 1.